The molecule has 0 radical (unpaired) electrons. The number of esters is 2. The molecule has 0 N–H and O–H groups in total. The summed E-state index contributed by atoms with van der Waals surface area (Å²) in [5, 5.41) is 0. The van der Waals surface area contributed by atoms with Crippen LogP contribution in [0.25, 0.3) is 0 Å². The second-order valence-electron chi connectivity index (χ2n) is 6.95. The summed E-state index contributed by atoms with van der Waals surface area (Å²) in [4.78, 5) is 22.6. The van der Waals surface area contributed by atoms with Crippen molar-refractivity contribution in [2.24, 2.45) is 29.1 Å². The molecule has 0 heterocycles. The SMILES string of the molecule is C=CC(=O)OC(=O)C=CC1(C)C2CC3CC(C2)CC1C3. The van der Waals surface area contributed by atoms with Gasteiger partial charge in [-0.15, -0.1) is 0 Å². The Morgan fingerprint density at radius 1 is 1.05 bits per heavy atom. The number of ether oxygens (including phenoxy) is 1. The molecule has 3 heteroatoms. The first-order valence-electron chi connectivity index (χ1n) is 7.58. The highest BCUT2D eigenvalue weighted by molar-refractivity contribution is 5.96. The van der Waals surface area contributed by atoms with E-state index >= 15 is 0 Å². The van der Waals surface area contributed by atoms with Crippen molar-refractivity contribution >= 4 is 11.9 Å². The molecule has 0 unspecified atom stereocenters. The summed E-state index contributed by atoms with van der Waals surface area (Å²) in [7, 11) is 0. The Morgan fingerprint density at radius 3 is 2.10 bits per heavy atom. The maximum Gasteiger partial charge on any atom is 0.338 e. The third-order valence-corrected chi connectivity index (χ3v) is 5.84. The van der Waals surface area contributed by atoms with Gasteiger partial charge in [-0.3, -0.25) is 0 Å². The Bertz CT molecular complexity index is 447. The molecule has 0 spiro atoms. The normalized spacial score (nSPS) is 41.9. The van der Waals surface area contributed by atoms with E-state index in [4.69, 9.17) is 0 Å². The maximum atomic E-state index is 11.6. The van der Waals surface area contributed by atoms with Crippen molar-refractivity contribution in [3.8, 4) is 0 Å². The van der Waals surface area contributed by atoms with Crippen LogP contribution in [0.1, 0.15) is 39.0 Å². The zero-order valence-electron chi connectivity index (χ0n) is 12.0. The van der Waals surface area contributed by atoms with Gasteiger partial charge in [0.05, 0.1) is 0 Å². The summed E-state index contributed by atoms with van der Waals surface area (Å²) in [6, 6.07) is 0. The standard InChI is InChI=1S/C17H22O3/c1-3-15(18)20-16(19)4-5-17(2)13-7-11-6-12(9-13)10-14(17)8-11/h3-5,11-14H,1,6-10H2,2H3. The summed E-state index contributed by atoms with van der Waals surface area (Å²) >= 11 is 0. The van der Waals surface area contributed by atoms with Crippen LogP contribution in [-0.4, -0.2) is 11.9 Å². The molecule has 0 aromatic carbocycles. The second kappa shape index (κ2) is 4.87. The summed E-state index contributed by atoms with van der Waals surface area (Å²) in [6.45, 7) is 5.56. The third-order valence-electron chi connectivity index (χ3n) is 5.84. The fourth-order valence-corrected chi connectivity index (χ4v) is 4.89. The topological polar surface area (TPSA) is 43.4 Å². The van der Waals surface area contributed by atoms with Crippen LogP contribution in [0.4, 0.5) is 0 Å². The van der Waals surface area contributed by atoms with Gasteiger partial charge in [0.25, 0.3) is 0 Å². The monoisotopic (exact) mass is 274 g/mol. The van der Waals surface area contributed by atoms with E-state index in [9.17, 15) is 9.59 Å². The number of hydrogen-bond acceptors (Lipinski definition) is 3. The number of hydrogen-bond donors (Lipinski definition) is 0. The van der Waals surface area contributed by atoms with Gasteiger partial charge in [0.2, 0.25) is 0 Å². The van der Waals surface area contributed by atoms with E-state index < -0.39 is 11.9 Å². The van der Waals surface area contributed by atoms with Crippen LogP contribution in [0.15, 0.2) is 24.8 Å². The average Bonchev–Trinajstić information content (AvgIpc) is 2.42. The third kappa shape index (κ3) is 2.23. The van der Waals surface area contributed by atoms with Crippen LogP contribution in [0.2, 0.25) is 0 Å². The minimum Gasteiger partial charge on any atom is -0.387 e. The van der Waals surface area contributed by atoms with Crippen LogP contribution < -0.4 is 0 Å². The predicted molar refractivity (Wildman–Crippen MR) is 75.6 cm³/mol. The van der Waals surface area contributed by atoms with Crippen LogP contribution in [0.3, 0.4) is 0 Å². The van der Waals surface area contributed by atoms with Gasteiger partial charge in [-0.2, -0.15) is 0 Å². The van der Waals surface area contributed by atoms with E-state index in [1.54, 1.807) is 0 Å². The van der Waals surface area contributed by atoms with Crippen molar-refractivity contribution in [2.45, 2.75) is 39.0 Å². The van der Waals surface area contributed by atoms with Crippen molar-refractivity contribution in [3.63, 3.8) is 0 Å². The van der Waals surface area contributed by atoms with Gasteiger partial charge in [-0.1, -0.05) is 19.6 Å². The van der Waals surface area contributed by atoms with Crippen LogP contribution in [0.5, 0.6) is 0 Å². The van der Waals surface area contributed by atoms with Crippen LogP contribution in [0, 0.1) is 29.1 Å². The van der Waals surface area contributed by atoms with Gasteiger partial charge in [0, 0.05) is 12.2 Å². The van der Waals surface area contributed by atoms with Gasteiger partial charge < -0.3 is 4.74 Å². The number of carbonyl (C=O) groups is 2. The van der Waals surface area contributed by atoms with Crippen molar-refractivity contribution in [3.05, 3.63) is 24.8 Å². The molecule has 20 heavy (non-hydrogen) atoms. The van der Waals surface area contributed by atoms with Crippen molar-refractivity contribution < 1.29 is 14.3 Å². The molecular formula is C17H22O3. The number of allylic oxidation sites excluding steroid dienone is 1. The fraction of sp³-hybridized carbons (Fsp3) is 0.647. The van der Waals surface area contributed by atoms with Gasteiger partial charge >= 0.3 is 11.9 Å². The first-order valence-corrected chi connectivity index (χ1v) is 7.58. The average molecular weight is 274 g/mol. The molecule has 4 saturated carbocycles. The summed E-state index contributed by atoms with van der Waals surface area (Å²) < 4.78 is 4.60. The molecule has 0 aliphatic heterocycles. The first kappa shape index (κ1) is 13.6. The Hall–Kier alpha value is -1.38. The zero-order valence-corrected chi connectivity index (χ0v) is 12.0. The quantitative estimate of drug-likeness (QED) is 0.451. The molecule has 4 aliphatic carbocycles. The maximum absolute atomic E-state index is 11.6. The Kier molecular flexibility index (Phi) is 3.31. The lowest BCUT2D eigenvalue weighted by atomic mass is 9.46. The molecule has 0 saturated heterocycles. The molecule has 4 bridgehead atoms. The van der Waals surface area contributed by atoms with E-state index in [1.165, 1.54) is 38.2 Å². The molecule has 4 fully saturated rings. The van der Waals surface area contributed by atoms with E-state index in [0.29, 0.717) is 11.8 Å². The largest absolute Gasteiger partial charge is 0.387 e. The Labute approximate surface area is 120 Å². The zero-order chi connectivity index (χ0) is 14.3. The molecule has 0 atom stereocenters. The highest BCUT2D eigenvalue weighted by atomic mass is 16.6. The van der Waals surface area contributed by atoms with Gasteiger partial charge in [0.15, 0.2) is 0 Å². The highest BCUT2D eigenvalue weighted by Gasteiger charge is 2.53. The van der Waals surface area contributed by atoms with Gasteiger partial charge in [-0.05, 0) is 61.2 Å². The molecule has 108 valence electrons. The van der Waals surface area contributed by atoms with Crippen molar-refractivity contribution in [1.29, 1.82) is 0 Å². The van der Waals surface area contributed by atoms with E-state index in [-0.39, 0.29) is 5.41 Å². The minimum absolute atomic E-state index is 0.101. The summed E-state index contributed by atoms with van der Waals surface area (Å²) in [5.74, 6) is 1.94. The Balaban J connectivity index is 1.71. The van der Waals surface area contributed by atoms with Crippen molar-refractivity contribution in [1.82, 2.24) is 0 Å². The highest BCUT2D eigenvalue weighted by Crippen LogP contribution is 2.62. The molecule has 0 amide bonds. The first-order chi connectivity index (χ1) is 9.51. The second-order valence-corrected chi connectivity index (χ2v) is 6.95. The molecular weight excluding hydrogens is 252 g/mol. The molecule has 4 rings (SSSR count). The van der Waals surface area contributed by atoms with Crippen molar-refractivity contribution in [2.75, 3.05) is 0 Å². The van der Waals surface area contributed by atoms with Gasteiger partial charge in [-0.25, -0.2) is 9.59 Å². The summed E-state index contributed by atoms with van der Waals surface area (Å²) in [6.07, 6.45) is 11.1. The molecule has 3 nitrogen and oxygen atoms in total. The smallest absolute Gasteiger partial charge is 0.338 e. The van der Waals surface area contributed by atoms with E-state index in [2.05, 4.69) is 18.2 Å². The number of carbonyl (C=O) groups excluding carboxylic acids is 2. The van der Waals surface area contributed by atoms with Gasteiger partial charge in [0.1, 0.15) is 0 Å². The molecule has 4 aliphatic rings. The van der Waals surface area contributed by atoms with Crippen LogP contribution >= 0.6 is 0 Å². The lowest BCUT2D eigenvalue weighted by Crippen LogP contribution is -2.50. The molecule has 0 aromatic heterocycles. The lowest BCUT2D eigenvalue weighted by Gasteiger charge is -2.59. The summed E-state index contributed by atoms with van der Waals surface area (Å²) in [5.41, 5.74) is 0.101. The number of rotatable bonds is 3. The van der Waals surface area contributed by atoms with Crippen LogP contribution in [-0.2, 0) is 14.3 Å². The minimum atomic E-state index is -0.685. The van der Waals surface area contributed by atoms with E-state index in [0.717, 1.165) is 17.9 Å². The molecule has 0 aromatic rings. The Morgan fingerprint density at radius 2 is 1.60 bits per heavy atom. The fourth-order valence-electron chi connectivity index (χ4n) is 4.89. The van der Waals surface area contributed by atoms with E-state index in [1.807, 2.05) is 6.08 Å². The predicted octanol–water partition coefficient (Wildman–Crippen LogP) is 3.26. The lowest BCUT2D eigenvalue weighted by molar-refractivity contribution is -0.152.